The van der Waals surface area contributed by atoms with Crippen LogP contribution >= 0.6 is 0 Å². The van der Waals surface area contributed by atoms with Crippen molar-refractivity contribution < 1.29 is 13.2 Å². The van der Waals surface area contributed by atoms with Crippen LogP contribution in [-0.2, 0) is 0 Å². The monoisotopic (exact) mass is 279 g/mol. The predicted molar refractivity (Wildman–Crippen MR) is 72.9 cm³/mol. The molecule has 1 nitrogen and oxygen atoms in total. The quantitative estimate of drug-likeness (QED) is 0.809. The summed E-state index contributed by atoms with van der Waals surface area (Å²) in [5.74, 6) is -3.74. The van der Waals surface area contributed by atoms with E-state index < -0.39 is 23.5 Å². The lowest BCUT2D eigenvalue weighted by atomic mass is 9.97. The van der Waals surface area contributed by atoms with E-state index >= 15 is 0 Å². The first-order chi connectivity index (χ1) is 9.65. The molecule has 0 radical (unpaired) electrons. The van der Waals surface area contributed by atoms with Crippen LogP contribution in [0.5, 0.6) is 0 Å². The molecule has 0 aliphatic rings. The summed E-state index contributed by atoms with van der Waals surface area (Å²) in [5.41, 5.74) is 0.925. The maximum absolute atomic E-state index is 14.0. The molecule has 2 aromatic rings. The lowest BCUT2D eigenvalue weighted by Crippen LogP contribution is -2.24. The van der Waals surface area contributed by atoms with Gasteiger partial charge in [0.25, 0.3) is 0 Å². The van der Waals surface area contributed by atoms with Gasteiger partial charge in [0.2, 0.25) is 0 Å². The number of hydrogen-bond donors (Lipinski definition) is 1. The zero-order valence-electron chi connectivity index (χ0n) is 11.2. The highest BCUT2D eigenvalue weighted by Crippen LogP contribution is 2.26. The van der Waals surface area contributed by atoms with Crippen molar-refractivity contribution in [1.29, 1.82) is 0 Å². The van der Waals surface area contributed by atoms with E-state index in [4.69, 9.17) is 0 Å². The summed E-state index contributed by atoms with van der Waals surface area (Å²) in [4.78, 5) is 0. The van der Waals surface area contributed by atoms with Crippen LogP contribution in [0.1, 0.15) is 30.5 Å². The number of benzene rings is 2. The minimum absolute atomic E-state index is 0.114. The first-order valence-electron chi connectivity index (χ1n) is 6.56. The lowest BCUT2D eigenvalue weighted by molar-refractivity contribution is 0.432. The molecule has 0 aliphatic carbocycles. The molecular formula is C16H16F3N. The first-order valence-corrected chi connectivity index (χ1v) is 6.56. The Morgan fingerprint density at radius 1 is 0.950 bits per heavy atom. The molecule has 0 heterocycles. The van der Waals surface area contributed by atoms with E-state index in [2.05, 4.69) is 5.32 Å². The van der Waals surface area contributed by atoms with Crippen LogP contribution in [0.15, 0.2) is 42.5 Å². The van der Waals surface area contributed by atoms with E-state index in [1.54, 1.807) is 0 Å². The van der Waals surface area contributed by atoms with Crippen molar-refractivity contribution in [2.24, 2.45) is 0 Å². The molecule has 106 valence electrons. The van der Waals surface area contributed by atoms with Crippen LogP contribution in [-0.4, -0.2) is 6.54 Å². The standard InChI is InChI=1S/C16H16F3N/c1-2-10-20-16(11-6-4-3-5-7-11)12-8-9-13(17)15(19)14(12)18/h3-9,16,20H,2,10H2,1H3. The van der Waals surface area contributed by atoms with Gasteiger partial charge >= 0.3 is 0 Å². The van der Waals surface area contributed by atoms with Crippen molar-refractivity contribution in [2.45, 2.75) is 19.4 Å². The van der Waals surface area contributed by atoms with Crippen molar-refractivity contribution in [1.82, 2.24) is 5.32 Å². The molecule has 20 heavy (non-hydrogen) atoms. The van der Waals surface area contributed by atoms with Gasteiger partial charge in [-0.15, -0.1) is 0 Å². The molecule has 1 unspecified atom stereocenters. The highest BCUT2D eigenvalue weighted by atomic mass is 19.2. The van der Waals surface area contributed by atoms with E-state index in [0.717, 1.165) is 18.1 Å². The Kier molecular flexibility index (Phi) is 4.79. The molecule has 2 rings (SSSR count). The molecule has 0 fully saturated rings. The molecule has 0 aromatic heterocycles. The van der Waals surface area contributed by atoms with Gasteiger partial charge in [-0.3, -0.25) is 0 Å². The molecular weight excluding hydrogens is 263 g/mol. The zero-order chi connectivity index (χ0) is 14.5. The maximum atomic E-state index is 14.0. The second-order valence-electron chi connectivity index (χ2n) is 4.56. The fourth-order valence-electron chi connectivity index (χ4n) is 2.11. The van der Waals surface area contributed by atoms with Crippen LogP contribution in [0.3, 0.4) is 0 Å². The zero-order valence-corrected chi connectivity index (χ0v) is 11.2. The van der Waals surface area contributed by atoms with Crippen LogP contribution in [0.4, 0.5) is 13.2 Å². The number of hydrogen-bond acceptors (Lipinski definition) is 1. The van der Waals surface area contributed by atoms with Crippen LogP contribution in [0.2, 0.25) is 0 Å². The molecule has 0 saturated carbocycles. The van der Waals surface area contributed by atoms with E-state index in [1.165, 1.54) is 6.07 Å². The van der Waals surface area contributed by atoms with Gasteiger partial charge in [-0.25, -0.2) is 13.2 Å². The molecule has 4 heteroatoms. The van der Waals surface area contributed by atoms with E-state index in [0.29, 0.717) is 6.54 Å². The lowest BCUT2D eigenvalue weighted by Gasteiger charge is -2.20. The Morgan fingerprint density at radius 3 is 2.30 bits per heavy atom. The van der Waals surface area contributed by atoms with Crippen molar-refractivity contribution in [2.75, 3.05) is 6.54 Å². The third kappa shape index (κ3) is 3.02. The van der Waals surface area contributed by atoms with Gasteiger partial charge in [0.05, 0.1) is 6.04 Å². The second-order valence-corrected chi connectivity index (χ2v) is 4.56. The highest BCUT2D eigenvalue weighted by molar-refractivity contribution is 5.33. The summed E-state index contributed by atoms with van der Waals surface area (Å²) < 4.78 is 40.4. The fourth-order valence-corrected chi connectivity index (χ4v) is 2.11. The smallest absolute Gasteiger partial charge is 0.194 e. The number of rotatable bonds is 5. The van der Waals surface area contributed by atoms with Gasteiger partial charge in [-0.05, 0) is 24.6 Å². The molecule has 0 saturated heterocycles. The predicted octanol–water partition coefficient (Wildman–Crippen LogP) is 4.19. The van der Waals surface area contributed by atoms with Gasteiger partial charge in [0.1, 0.15) is 0 Å². The van der Waals surface area contributed by atoms with Crippen LogP contribution in [0.25, 0.3) is 0 Å². The molecule has 0 spiro atoms. The average Bonchev–Trinajstić information content (AvgIpc) is 2.48. The summed E-state index contributed by atoms with van der Waals surface area (Å²) in [7, 11) is 0. The van der Waals surface area contributed by atoms with Crippen molar-refractivity contribution in [3.8, 4) is 0 Å². The number of nitrogens with one attached hydrogen (secondary N) is 1. The van der Waals surface area contributed by atoms with E-state index in [1.807, 2.05) is 37.3 Å². The van der Waals surface area contributed by atoms with Gasteiger partial charge in [-0.2, -0.15) is 0 Å². The Labute approximate surface area is 116 Å². The average molecular weight is 279 g/mol. The second kappa shape index (κ2) is 6.57. The van der Waals surface area contributed by atoms with Crippen LogP contribution < -0.4 is 5.32 Å². The minimum Gasteiger partial charge on any atom is -0.306 e. The van der Waals surface area contributed by atoms with Gasteiger partial charge in [0, 0.05) is 5.56 Å². The van der Waals surface area contributed by atoms with Crippen molar-refractivity contribution in [3.63, 3.8) is 0 Å². The summed E-state index contributed by atoms with van der Waals surface area (Å²) in [6, 6.07) is 10.9. The summed E-state index contributed by atoms with van der Waals surface area (Å²) in [6.45, 7) is 2.63. The molecule has 1 atom stereocenters. The Balaban J connectivity index is 2.44. The number of halogens is 3. The van der Waals surface area contributed by atoms with Crippen molar-refractivity contribution >= 4 is 0 Å². The maximum Gasteiger partial charge on any atom is 0.194 e. The molecule has 2 aromatic carbocycles. The Bertz CT molecular complexity index is 569. The largest absolute Gasteiger partial charge is 0.306 e. The Hall–Kier alpha value is -1.81. The third-order valence-electron chi connectivity index (χ3n) is 3.11. The molecule has 0 aliphatic heterocycles. The SMILES string of the molecule is CCCNC(c1ccccc1)c1ccc(F)c(F)c1F. The van der Waals surface area contributed by atoms with E-state index in [-0.39, 0.29) is 5.56 Å². The van der Waals surface area contributed by atoms with Crippen molar-refractivity contribution in [3.05, 3.63) is 71.0 Å². The normalized spacial score (nSPS) is 12.4. The summed E-state index contributed by atoms with van der Waals surface area (Å²) in [5, 5.41) is 3.16. The molecule has 1 N–H and O–H groups in total. The minimum atomic E-state index is -1.43. The van der Waals surface area contributed by atoms with Gasteiger partial charge in [-0.1, -0.05) is 43.3 Å². The summed E-state index contributed by atoms with van der Waals surface area (Å²) >= 11 is 0. The van der Waals surface area contributed by atoms with Gasteiger partial charge in [0.15, 0.2) is 17.5 Å². The fraction of sp³-hybridized carbons (Fsp3) is 0.250. The molecule has 0 amide bonds. The Morgan fingerprint density at radius 2 is 1.65 bits per heavy atom. The highest BCUT2D eigenvalue weighted by Gasteiger charge is 2.21. The molecule has 0 bridgehead atoms. The van der Waals surface area contributed by atoms with Crippen LogP contribution in [0, 0.1) is 17.5 Å². The van der Waals surface area contributed by atoms with Gasteiger partial charge < -0.3 is 5.32 Å². The third-order valence-corrected chi connectivity index (χ3v) is 3.11. The summed E-state index contributed by atoms with van der Waals surface area (Å²) in [6.07, 6.45) is 0.856. The van der Waals surface area contributed by atoms with E-state index in [9.17, 15) is 13.2 Å². The topological polar surface area (TPSA) is 12.0 Å². The first kappa shape index (κ1) is 14.6.